The summed E-state index contributed by atoms with van der Waals surface area (Å²) in [6.07, 6.45) is 0.638. The summed E-state index contributed by atoms with van der Waals surface area (Å²) >= 11 is 0. The summed E-state index contributed by atoms with van der Waals surface area (Å²) in [7, 11) is 1.62. The number of carbonyl (C=O) groups excluding carboxylic acids is 2. The van der Waals surface area contributed by atoms with Gasteiger partial charge in [-0.2, -0.15) is 0 Å². The lowest BCUT2D eigenvalue weighted by Crippen LogP contribution is -2.54. The number of nitrogens with zero attached hydrogens (tertiary/aromatic N) is 2. The normalized spacial score (nSPS) is 18.4. The summed E-state index contributed by atoms with van der Waals surface area (Å²) in [6, 6.07) is 16.8. The van der Waals surface area contributed by atoms with Crippen LogP contribution in [0, 0.1) is 0 Å². The van der Waals surface area contributed by atoms with E-state index in [1.807, 2.05) is 96.1 Å². The average molecular weight is 497 g/mol. The number of hydrogen-bond donors (Lipinski definition) is 0. The molecule has 2 atom stereocenters. The first-order chi connectivity index (χ1) is 16.9. The zero-order valence-corrected chi connectivity index (χ0v) is 22.6. The Labute approximate surface area is 215 Å². The molecular weight excluding hydrogens is 456 g/mol. The van der Waals surface area contributed by atoms with E-state index in [1.165, 1.54) is 0 Å². The first kappa shape index (κ1) is 27.4. The minimum Gasteiger partial charge on any atom is -0.496 e. The standard InChI is InChI=1S/C29H40N2O5/c1-28(2,3)35-26(32)30-19-13-17-23(25(30)21-14-9-8-10-15-21)31(27(33)36-29(4,5)6)20-22-16-11-12-18-24(22)34-7/h8-12,14-16,18,23,25H,13,17,19-20H2,1-7H3/t23-,25-/m0/s1. The van der Waals surface area contributed by atoms with Crippen LogP contribution in [0.3, 0.4) is 0 Å². The van der Waals surface area contributed by atoms with Gasteiger partial charge < -0.3 is 14.2 Å². The van der Waals surface area contributed by atoms with Crippen molar-refractivity contribution in [1.82, 2.24) is 9.80 Å². The Balaban J connectivity index is 2.07. The Morgan fingerprint density at radius 2 is 1.53 bits per heavy atom. The van der Waals surface area contributed by atoms with Crippen LogP contribution in [0.25, 0.3) is 0 Å². The molecule has 0 radical (unpaired) electrons. The van der Waals surface area contributed by atoms with E-state index < -0.39 is 23.3 Å². The molecule has 0 bridgehead atoms. The van der Waals surface area contributed by atoms with Gasteiger partial charge >= 0.3 is 12.2 Å². The van der Waals surface area contributed by atoms with Gasteiger partial charge in [0.1, 0.15) is 17.0 Å². The van der Waals surface area contributed by atoms with E-state index in [-0.39, 0.29) is 18.7 Å². The van der Waals surface area contributed by atoms with Crippen LogP contribution in [0.1, 0.15) is 71.6 Å². The van der Waals surface area contributed by atoms with Crippen LogP contribution < -0.4 is 4.74 Å². The van der Waals surface area contributed by atoms with Gasteiger partial charge in [-0.25, -0.2) is 9.59 Å². The topological polar surface area (TPSA) is 68.3 Å². The van der Waals surface area contributed by atoms with Crippen LogP contribution >= 0.6 is 0 Å². The van der Waals surface area contributed by atoms with Crippen LogP contribution in [0.4, 0.5) is 9.59 Å². The highest BCUT2D eigenvalue weighted by Crippen LogP contribution is 2.37. The molecule has 0 N–H and O–H groups in total. The molecule has 2 aromatic carbocycles. The lowest BCUT2D eigenvalue weighted by atomic mass is 9.89. The van der Waals surface area contributed by atoms with Crippen LogP contribution in [0.5, 0.6) is 5.75 Å². The summed E-state index contributed by atoms with van der Waals surface area (Å²) in [5.74, 6) is 0.696. The fraction of sp³-hybridized carbons (Fsp3) is 0.517. The summed E-state index contributed by atoms with van der Waals surface area (Å²) in [4.78, 5) is 30.6. The molecule has 7 nitrogen and oxygen atoms in total. The molecule has 0 spiro atoms. The monoisotopic (exact) mass is 496 g/mol. The maximum atomic E-state index is 13.7. The predicted octanol–water partition coefficient (Wildman–Crippen LogP) is 6.57. The molecule has 0 aliphatic carbocycles. The average Bonchev–Trinajstić information content (AvgIpc) is 2.80. The minimum absolute atomic E-state index is 0.287. The Morgan fingerprint density at radius 1 is 0.917 bits per heavy atom. The highest BCUT2D eigenvalue weighted by Gasteiger charge is 2.43. The third-order valence-electron chi connectivity index (χ3n) is 5.93. The Morgan fingerprint density at radius 3 is 2.14 bits per heavy atom. The molecule has 36 heavy (non-hydrogen) atoms. The quantitative estimate of drug-likeness (QED) is 0.468. The molecule has 0 saturated carbocycles. The van der Waals surface area contributed by atoms with Gasteiger partial charge in [0, 0.05) is 12.1 Å². The van der Waals surface area contributed by atoms with Crippen molar-refractivity contribution in [1.29, 1.82) is 0 Å². The third-order valence-corrected chi connectivity index (χ3v) is 5.93. The Hall–Kier alpha value is -3.22. The first-order valence-electron chi connectivity index (χ1n) is 12.6. The largest absolute Gasteiger partial charge is 0.496 e. The Bertz CT molecular complexity index is 1030. The van der Waals surface area contributed by atoms with Crippen molar-refractivity contribution in [3.63, 3.8) is 0 Å². The lowest BCUT2D eigenvalue weighted by molar-refractivity contribution is -0.0263. The molecule has 196 valence electrons. The van der Waals surface area contributed by atoms with E-state index >= 15 is 0 Å². The fourth-order valence-electron chi connectivity index (χ4n) is 4.53. The fourth-order valence-corrected chi connectivity index (χ4v) is 4.53. The minimum atomic E-state index is -0.669. The van der Waals surface area contributed by atoms with Crippen molar-refractivity contribution < 1.29 is 23.8 Å². The first-order valence-corrected chi connectivity index (χ1v) is 12.6. The van der Waals surface area contributed by atoms with E-state index in [1.54, 1.807) is 16.9 Å². The van der Waals surface area contributed by atoms with Crippen molar-refractivity contribution in [3.8, 4) is 5.75 Å². The number of benzene rings is 2. The van der Waals surface area contributed by atoms with Crippen molar-refractivity contribution in [3.05, 3.63) is 65.7 Å². The predicted molar refractivity (Wildman–Crippen MR) is 140 cm³/mol. The number of rotatable bonds is 5. The third kappa shape index (κ3) is 7.15. The van der Waals surface area contributed by atoms with Gasteiger partial charge in [0.2, 0.25) is 0 Å². The highest BCUT2D eigenvalue weighted by atomic mass is 16.6. The molecule has 1 aliphatic rings. The molecule has 7 heteroatoms. The molecule has 3 rings (SSSR count). The lowest BCUT2D eigenvalue weighted by Gasteiger charge is -2.46. The van der Waals surface area contributed by atoms with Crippen molar-refractivity contribution >= 4 is 12.2 Å². The number of para-hydroxylation sites is 1. The number of likely N-dealkylation sites (tertiary alicyclic amines) is 1. The number of methoxy groups -OCH3 is 1. The summed E-state index contributed by atoms with van der Waals surface area (Å²) in [5.41, 5.74) is 0.513. The number of hydrogen-bond acceptors (Lipinski definition) is 5. The molecule has 1 saturated heterocycles. The highest BCUT2D eigenvalue weighted by molar-refractivity contribution is 5.71. The maximum Gasteiger partial charge on any atom is 0.410 e. The SMILES string of the molecule is COc1ccccc1CN(C(=O)OC(C)(C)C)[C@H]1CCCN(C(=O)OC(C)(C)C)[C@H]1c1ccccc1. The summed E-state index contributed by atoms with van der Waals surface area (Å²) in [5, 5.41) is 0. The van der Waals surface area contributed by atoms with E-state index in [9.17, 15) is 9.59 Å². The summed E-state index contributed by atoms with van der Waals surface area (Å²) in [6.45, 7) is 12.0. The van der Waals surface area contributed by atoms with Gasteiger partial charge in [0.15, 0.2) is 0 Å². The zero-order valence-electron chi connectivity index (χ0n) is 22.6. The summed E-state index contributed by atoms with van der Waals surface area (Å²) < 4.78 is 17.2. The second-order valence-corrected chi connectivity index (χ2v) is 11.2. The zero-order chi connectivity index (χ0) is 26.5. The second kappa shape index (κ2) is 11.2. The van der Waals surface area contributed by atoms with Crippen LogP contribution in [-0.4, -0.2) is 52.9 Å². The van der Waals surface area contributed by atoms with Crippen LogP contribution in [0.2, 0.25) is 0 Å². The van der Waals surface area contributed by atoms with Gasteiger partial charge in [-0.3, -0.25) is 9.80 Å². The molecular formula is C29H40N2O5. The molecule has 2 amide bonds. The molecule has 1 heterocycles. The molecule has 2 aromatic rings. The second-order valence-electron chi connectivity index (χ2n) is 11.2. The van der Waals surface area contributed by atoms with Crippen molar-refractivity contribution in [2.45, 2.75) is 84.2 Å². The van der Waals surface area contributed by atoms with E-state index in [0.717, 1.165) is 17.5 Å². The van der Waals surface area contributed by atoms with Gasteiger partial charge in [0.05, 0.1) is 25.7 Å². The smallest absolute Gasteiger partial charge is 0.410 e. The molecule has 1 fully saturated rings. The van der Waals surface area contributed by atoms with Gasteiger partial charge in [-0.1, -0.05) is 48.5 Å². The Kier molecular flexibility index (Phi) is 8.54. The van der Waals surface area contributed by atoms with Gasteiger partial charge in [0.25, 0.3) is 0 Å². The van der Waals surface area contributed by atoms with Crippen LogP contribution in [-0.2, 0) is 16.0 Å². The van der Waals surface area contributed by atoms with Crippen molar-refractivity contribution in [2.24, 2.45) is 0 Å². The van der Waals surface area contributed by atoms with E-state index in [4.69, 9.17) is 14.2 Å². The van der Waals surface area contributed by atoms with Gasteiger partial charge in [-0.15, -0.1) is 0 Å². The van der Waals surface area contributed by atoms with E-state index in [0.29, 0.717) is 18.7 Å². The van der Waals surface area contributed by atoms with Crippen molar-refractivity contribution in [2.75, 3.05) is 13.7 Å². The molecule has 0 aromatic heterocycles. The number of ether oxygens (including phenoxy) is 3. The van der Waals surface area contributed by atoms with E-state index in [2.05, 4.69) is 0 Å². The maximum absolute atomic E-state index is 13.7. The number of amides is 2. The molecule has 0 unspecified atom stereocenters. The van der Waals surface area contributed by atoms with Gasteiger partial charge in [-0.05, 0) is 66.0 Å². The number of carbonyl (C=O) groups is 2. The van der Waals surface area contributed by atoms with Crippen LogP contribution in [0.15, 0.2) is 54.6 Å². The molecule has 1 aliphatic heterocycles. The number of piperidine rings is 1.